The molecule has 2 aliphatic rings. The summed E-state index contributed by atoms with van der Waals surface area (Å²) >= 11 is 0. The van der Waals surface area contributed by atoms with E-state index in [1.807, 2.05) is 0 Å². The molecule has 2 bridgehead atoms. The second-order valence-corrected chi connectivity index (χ2v) is 2.73. The second kappa shape index (κ2) is 2.17. The molecule has 2 N–H and O–H groups in total. The van der Waals surface area contributed by atoms with E-state index in [9.17, 15) is 5.11 Å². The van der Waals surface area contributed by atoms with Gasteiger partial charge in [0, 0.05) is 0 Å². The van der Waals surface area contributed by atoms with Crippen LogP contribution in [0, 0.1) is 0 Å². The van der Waals surface area contributed by atoms with Gasteiger partial charge in [0.15, 0.2) is 0 Å². The molecule has 0 saturated carbocycles. The second-order valence-electron chi connectivity index (χ2n) is 2.73. The van der Waals surface area contributed by atoms with Crippen molar-refractivity contribution < 1.29 is 19.7 Å². The summed E-state index contributed by atoms with van der Waals surface area (Å²) in [7, 11) is 0. The normalized spacial score (nSPS) is 53.4. The highest BCUT2D eigenvalue weighted by atomic mass is 16.6. The van der Waals surface area contributed by atoms with Crippen molar-refractivity contribution in [2.45, 2.75) is 24.4 Å². The Balaban J connectivity index is 2.13. The number of rotatable bonds is 0. The molecule has 0 aromatic rings. The first-order valence-corrected chi connectivity index (χ1v) is 3.38. The van der Waals surface area contributed by atoms with Crippen molar-refractivity contribution in [2.75, 3.05) is 13.2 Å². The lowest BCUT2D eigenvalue weighted by atomic mass is 10.0. The van der Waals surface area contributed by atoms with Crippen LogP contribution in [0.1, 0.15) is 0 Å². The zero-order valence-electron chi connectivity index (χ0n) is 5.43. The lowest BCUT2D eigenvalue weighted by molar-refractivity contribution is -0.126. The molecule has 2 saturated heterocycles. The van der Waals surface area contributed by atoms with Crippen molar-refractivity contribution in [3.05, 3.63) is 0 Å². The molecular formula is C6H10O4. The fourth-order valence-electron chi connectivity index (χ4n) is 1.42. The Bertz CT molecular complexity index is 138. The maximum Gasteiger partial charge on any atom is 0.114 e. The van der Waals surface area contributed by atoms with Gasteiger partial charge in [0.05, 0.1) is 13.2 Å². The van der Waals surface area contributed by atoms with Crippen LogP contribution in [0.3, 0.4) is 0 Å². The summed E-state index contributed by atoms with van der Waals surface area (Å²) in [4.78, 5) is 0. The molecule has 2 aliphatic heterocycles. The van der Waals surface area contributed by atoms with Crippen LogP contribution in [-0.2, 0) is 9.47 Å². The molecule has 0 unspecified atom stereocenters. The summed E-state index contributed by atoms with van der Waals surface area (Å²) in [5.41, 5.74) is 0. The van der Waals surface area contributed by atoms with Gasteiger partial charge >= 0.3 is 0 Å². The summed E-state index contributed by atoms with van der Waals surface area (Å²) in [6.07, 6.45) is -1.93. The molecule has 2 fully saturated rings. The minimum absolute atomic E-state index is 0.214. The van der Waals surface area contributed by atoms with Crippen LogP contribution in [0.5, 0.6) is 0 Å². The van der Waals surface area contributed by atoms with Crippen molar-refractivity contribution in [2.24, 2.45) is 0 Å². The maximum atomic E-state index is 9.27. The lowest BCUT2D eigenvalue weighted by Gasteiger charge is -2.27. The fraction of sp³-hybridized carbons (Fsp3) is 1.00. The van der Waals surface area contributed by atoms with E-state index in [-0.39, 0.29) is 12.7 Å². The third-order valence-electron chi connectivity index (χ3n) is 2.03. The van der Waals surface area contributed by atoms with Gasteiger partial charge in [-0.2, -0.15) is 0 Å². The van der Waals surface area contributed by atoms with Gasteiger partial charge in [0.25, 0.3) is 0 Å². The number of ether oxygens (including phenoxy) is 2. The Morgan fingerprint density at radius 1 is 1.10 bits per heavy atom. The van der Waals surface area contributed by atoms with Gasteiger partial charge in [-0.05, 0) is 0 Å². The number of fused-ring (bicyclic) bond motifs is 2. The molecular weight excluding hydrogens is 136 g/mol. The maximum absolute atomic E-state index is 9.27. The number of hydrogen-bond donors (Lipinski definition) is 2. The minimum atomic E-state index is -0.659. The molecule has 0 amide bonds. The van der Waals surface area contributed by atoms with Crippen LogP contribution < -0.4 is 0 Å². The quantitative estimate of drug-likeness (QED) is 0.437. The van der Waals surface area contributed by atoms with E-state index in [1.165, 1.54) is 0 Å². The number of hydrogen-bond acceptors (Lipinski definition) is 4. The van der Waals surface area contributed by atoms with Gasteiger partial charge in [-0.25, -0.2) is 0 Å². The molecule has 0 aliphatic carbocycles. The molecule has 2 rings (SSSR count). The van der Waals surface area contributed by atoms with Gasteiger partial charge in [-0.3, -0.25) is 0 Å². The summed E-state index contributed by atoms with van der Waals surface area (Å²) in [5.74, 6) is 0. The third kappa shape index (κ3) is 0.769. The molecule has 4 nitrogen and oxygen atoms in total. The van der Waals surface area contributed by atoms with Crippen LogP contribution in [-0.4, -0.2) is 47.8 Å². The van der Waals surface area contributed by atoms with Crippen molar-refractivity contribution in [3.8, 4) is 0 Å². The van der Waals surface area contributed by atoms with E-state index in [2.05, 4.69) is 0 Å². The van der Waals surface area contributed by atoms with Crippen molar-refractivity contribution >= 4 is 0 Å². The van der Waals surface area contributed by atoms with Crippen molar-refractivity contribution in [3.63, 3.8) is 0 Å². The van der Waals surface area contributed by atoms with E-state index < -0.39 is 18.3 Å². The van der Waals surface area contributed by atoms with E-state index in [0.29, 0.717) is 6.61 Å². The first-order chi connectivity index (χ1) is 4.79. The highest BCUT2D eigenvalue weighted by Crippen LogP contribution is 2.25. The largest absolute Gasteiger partial charge is 0.388 e. The molecule has 10 heavy (non-hydrogen) atoms. The Morgan fingerprint density at radius 3 is 2.60 bits per heavy atom. The molecule has 58 valence electrons. The molecule has 0 radical (unpaired) electrons. The standard InChI is InChI=1S/C6H10O4/c7-3-1-9-4-2-10-6(3)5(4)8/h3-8H,1-2H2/t3-,4-,5+,6-/m1/s1. The van der Waals surface area contributed by atoms with Crippen LogP contribution in [0.4, 0.5) is 0 Å². The molecule has 2 heterocycles. The van der Waals surface area contributed by atoms with E-state index in [4.69, 9.17) is 14.6 Å². The molecule has 0 aromatic carbocycles. The zero-order valence-corrected chi connectivity index (χ0v) is 5.43. The highest BCUT2D eigenvalue weighted by Gasteiger charge is 2.45. The van der Waals surface area contributed by atoms with Gasteiger partial charge in [0.2, 0.25) is 0 Å². The lowest BCUT2D eigenvalue weighted by Crippen LogP contribution is -2.47. The van der Waals surface area contributed by atoms with Crippen LogP contribution in [0.15, 0.2) is 0 Å². The fourth-order valence-corrected chi connectivity index (χ4v) is 1.42. The zero-order chi connectivity index (χ0) is 7.14. The monoisotopic (exact) mass is 146 g/mol. The van der Waals surface area contributed by atoms with Crippen LogP contribution in [0.2, 0.25) is 0 Å². The van der Waals surface area contributed by atoms with Gasteiger partial charge in [-0.1, -0.05) is 0 Å². The van der Waals surface area contributed by atoms with Crippen LogP contribution in [0.25, 0.3) is 0 Å². The number of aliphatic hydroxyl groups excluding tert-OH is 2. The first kappa shape index (κ1) is 6.54. The Kier molecular flexibility index (Phi) is 1.42. The SMILES string of the molecule is O[C@@H]1[C@@H]2OC[C@H]1OC[C@H]2O. The smallest absolute Gasteiger partial charge is 0.114 e. The van der Waals surface area contributed by atoms with E-state index >= 15 is 0 Å². The van der Waals surface area contributed by atoms with Crippen molar-refractivity contribution in [1.29, 1.82) is 0 Å². The topological polar surface area (TPSA) is 58.9 Å². The van der Waals surface area contributed by atoms with Gasteiger partial charge in [-0.15, -0.1) is 0 Å². The Morgan fingerprint density at radius 2 is 1.90 bits per heavy atom. The summed E-state index contributed by atoms with van der Waals surface area (Å²) in [6, 6.07) is 0. The predicted octanol–water partition coefficient (Wildman–Crippen LogP) is -1.49. The first-order valence-electron chi connectivity index (χ1n) is 3.38. The predicted molar refractivity (Wildman–Crippen MR) is 31.5 cm³/mol. The van der Waals surface area contributed by atoms with E-state index in [1.54, 1.807) is 0 Å². The van der Waals surface area contributed by atoms with Gasteiger partial charge in [0.1, 0.15) is 24.4 Å². The average molecular weight is 146 g/mol. The molecule has 4 heteroatoms. The third-order valence-corrected chi connectivity index (χ3v) is 2.03. The van der Waals surface area contributed by atoms with E-state index in [0.717, 1.165) is 0 Å². The van der Waals surface area contributed by atoms with Crippen LogP contribution >= 0.6 is 0 Å². The highest BCUT2D eigenvalue weighted by molar-refractivity contribution is 4.92. The summed E-state index contributed by atoms with van der Waals surface area (Å²) in [6.45, 7) is 0.690. The minimum Gasteiger partial charge on any atom is -0.388 e. The summed E-state index contributed by atoms with van der Waals surface area (Å²) in [5, 5.41) is 18.4. The molecule has 0 spiro atoms. The molecule has 4 atom stereocenters. The Hall–Kier alpha value is -0.160. The van der Waals surface area contributed by atoms with Gasteiger partial charge < -0.3 is 19.7 Å². The average Bonchev–Trinajstić information content (AvgIpc) is 2.13. The number of aliphatic hydroxyl groups is 2. The summed E-state index contributed by atoms with van der Waals surface area (Å²) < 4.78 is 10.1. The Labute approximate surface area is 58.4 Å². The van der Waals surface area contributed by atoms with Crippen molar-refractivity contribution in [1.82, 2.24) is 0 Å². The molecule has 0 aromatic heterocycles.